The van der Waals surface area contributed by atoms with E-state index in [9.17, 15) is 5.26 Å². The van der Waals surface area contributed by atoms with E-state index in [1.54, 1.807) is 11.3 Å². The van der Waals surface area contributed by atoms with E-state index in [-0.39, 0.29) is 0 Å². The van der Waals surface area contributed by atoms with Gasteiger partial charge in [0.15, 0.2) is 0 Å². The summed E-state index contributed by atoms with van der Waals surface area (Å²) in [5, 5.41) is 11.3. The summed E-state index contributed by atoms with van der Waals surface area (Å²) in [5.74, 6) is 0. The van der Waals surface area contributed by atoms with E-state index < -0.39 is 0 Å². The number of nitrogens with zero attached hydrogens (tertiary/aromatic N) is 1. The molecule has 0 amide bonds. The standard InChI is InChI=1S/C17H14N2S2/c1-10-5-6-12(11(2)8-10)17-15(13-4-3-7-20-13)16(19)14(9-18)21-17/h3-8H,19H2,1-2H3. The summed E-state index contributed by atoms with van der Waals surface area (Å²) >= 11 is 3.13. The number of anilines is 1. The molecule has 21 heavy (non-hydrogen) atoms. The van der Waals surface area contributed by atoms with Crippen molar-refractivity contribution in [1.29, 1.82) is 5.26 Å². The molecular weight excluding hydrogens is 296 g/mol. The molecule has 0 aliphatic heterocycles. The van der Waals surface area contributed by atoms with Crippen molar-refractivity contribution in [3.63, 3.8) is 0 Å². The number of benzene rings is 1. The molecule has 0 aliphatic rings. The summed E-state index contributed by atoms with van der Waals surface area (Å²) in [6, 6.07) is 12.7. The molecule has 0 fully saturated rings. The third-order valence-electron chi connectivity index (χ3n) is 3.44. The second-order valence-electron chi connectivity index (χ2n) is 4.96. The second-order valence-corrected chi connectivity index (χ2v) is 6.92. The zero-order valence-electron chi connectivity index (χ0n) is 11.8. The van der Waals surface area contributed by atoms with Gasteiger partial charge in [-0.05, 0) is 36.4 Å². The number of hydrogen-bond acceptors (Lipinski definition) is 4. The summed E-state index contributed by atoms with van der Waals surface area (Å²) in [7, 11) is 0. The van der Waals surface area contributed by atoms with Crippen LogP contribution in [0, 0.1) is 25.2 Å². The molecule has 4 heteroatoms. The van der Waals surface area contributed by atoms with Crippen LogP contribution in [0.3, 0.4) is 0 Å². The third kappa shape index (κ3) is 2.35. The first kappa shape index (κ1) is 13.9. The van der Waals surface area contributed by atoms with Crippen LogP contribution in [0.25, 0.3) is 20.9 Å². The van der Waals surface area contributed by atoms with Gasteiger partial charge in [-0.25, -0.2) is 0 Å². The van der Waals surface area contributed by atoms with Gasteiger partial charge in [-0.3, -0.25) is 0 Å². The van der Waals surface area contributed by atoms with Crippen molar-refractivity contribution in [3.05, 3.63) is 51.7 Å². The predicted molar refractivity (Wildman–Crippen MR) is 91.7 cm³/mol. The minimum atomic E-state index is 0.591. The molecule has 0 saturated carbocycles. The fourth-order valence-electron chi connectivity index (χ4n) is 2.45. The van der Waals surface area contributed by atoms with Crippen LogP contribution >= 0.6 is 22.7 Å². The summed E-state index contributed by atoms with van der Waals surface area (Å²) in [6.45, 7) is 4.18. The summed E-state index contributed by atoms with van der Waals surface area (Å²) in [5.41, 5.74) is 11.4. The molecule has 0 unspecified atom stereocenters. The van der Waals surface area contributed by atoms with E-state index in [1.807, 2.05) is 11.4 Å². The molecule has 0 saturated heterocycles. The van der Waals surface area contributed by atoms with E-state index in [0.29, 0.717) is 10.6 Å². The Labute approximate surface area is 132 Å². The lowest BCUT2D eigenvalue weighted by atomic mass is 10.0. The summed E-state index contributed by atoms with van der Waals surface area (Å²) in [6.07, 6.45) is 0. The molecule has 1 aromatic carbocycles. The Morgan fingerprint density at radius 1 is 1.19 bits per heavy atom. The Morgan fingerprint density at radius 3 is 2.62 bits per heavy atom. The Kier molecular flexibility index (Phi) is 3.54. The number of hydrogen-bond donors (Lipinski definition) is 1. The van der Waals surface area contributed by atoms with Gasteiger partial charge in [0.05, 0.1) is 5.69 Å². The average Bonchev–Trinajstić information content (AvgIpc) is 3.06. The van der Waals surface area contributed by atoms with Gasteiger partial charge in [-0.2, -0.15) is 5.26 Å². The van der Waals surface area contributed by atoms with Crippen LogP contribution in [0.5, 0.6) is 0 Å². The molecule has 3 aromatic rings. The number of nitriles is 1. The summed E-state index contributed by atoms with van der Waals surface area (Å²) in [4.78, 5) is 2.79. The second kappa shape index (κ2) is 5.36. The number of thiophene rings is 2. The van der Waals surface area contributed by atoms with Crippen LogP contribution in [0.4, 0.5) is 5.69 Å². The van der Waals surface area contributed by atoms with Gasteiger partial charge in [0.1, 0.15) is 10.9 Å². The van der Waals surface area contributed by atoms with Crippen molar-refractivity contribution in [1.82, 2.24) is 0 Å². The first-order valence-corrected chi connectivity index (χ1v) is 8.25. The lowest BCUT2D eigenvalue weighted by Gasteiger charge is -2.08. The van der Waals surface area contributed by atoms with Crippen LogP contribution < -0.4 is 5.73 Å². The van der Waals surface area contributed by atoms with Crippen LogP contribution in [-0.4, -0.2) is 0 Å². The number of aryl methyl sites for hydroxylation is 2. The molecule has 0 bridgehead atoms. The number of nitrogen functional groups attached to an aromatic ring is 1. The molecule has 104 valence electrons. The van der Waals surface area contributed by atoms with Crippen molar-refractivity contribution < 1.29 is 0 Å². The normalized spacial score (nSPS) is 10.5. The molecule has 0 spiro atoms. The lowest BCUT2D eigenvalue weighted by molar-refractivity contribution is 1.39. The first-order chi connectivity index (χ1) is 10.1. The van der Waals surface area contributed by atoms with Crippen molar-refractivity contribution in [2.24, 2.45) is 0 Å². The monoisotopic (exact) mass is 310 g/mol. The maximum absolute atomic E-state index is 9.30. The highest BCUT2D eigenvalue weighted by molar-refractivity contribution is 7.19. The molecule has 2 heterocycles. The molecule has 3 rings (SSSR count). The van der Waals surface area contributed by atoms with Gasteiger partial charge in [0.25, 0.3) is 0 Å². The van der Waals surface area contributed by atoms with E-state index in [4.69, 9.17) is 5.73 Å². The fourth-order valence-corrected chi connectivity index (χ4v) is 4.43. The van der Waals surface area contributed by atoms with E-state index >= 15 is 0 Å². The van der Waals surface area contributed by atoms with Crippen LogP contribution in [0.15, 0.2) is 35.7 Å². The maximum atomic E-state index is 9.30. The third-order valence-corrected chi connectivity index (χ3v) is 5.47. The maximum Gasteiger partial charge on any atom is 0.129 e. The molecule has 2 nitrogen and oxygen atoms in total. The average molecular weight is 310 g/mol. The number of nitrogens with two attached hydrogens (primary N) is 1. The zero-order valence-corrected chi connectivity index (χ0v) is 13.4. The van der Waals surface area contributed by atoms with E-state index in [2.05, 4.69) is 44.2 Å². The van der Waals surface area contributed by atoms with Crippen molar-refractivity contribution in [2.75, 3.05) is 5.73 Å². The highest BCUT2D eigenvalue weighted by atomic mass is 32.1. The van der Waals surface area contributed by atoms with Gasteiger partial charge in [0.2, 0.25) is 0 Å². The predicted octanol–water partition coefficient (Wildman–Crippen LogP) is 5.21. The Morgan fingerprint density at radius 2 is 2.00 bits per heavy atom. The molecule has 0 atom stereocenters. The van der Waals surface area contributed by atoms with Crippen LogP contribution in [0.1, 0.15) is 16.0 Å². The SMILES string of the molecule is Cc1ccc(-c2sc(C#N)c(N)c2-c2cccs2)c(C)c1. The fraction of sp³-hybridized carbons (Fsp3) is 0.118. The van der Waals surface area contributed by atoms with Gasteiger partial charge in [-0.15, -0.1) is 22.7 Å². The van der Waals surface area contributed by atoms with Crippen LogP contribution in [0.2, 0.25) is 0 Å². The van der Waals surface area contributed by atoms with Gasteiger partial charge >= 0.3 is 0 Å². The van der Waals surface area contributed by atoms with Crippen LogP contribution in [-0.2, 0) is 0 Å². The molecule has 0 radical (unpaired) electrons. The quantitative estimate of drug-likeness (QED) is 0.706. The number of rotatable bonds is 2. The zero-order chi connectivity index (χ0) is 15.0. The van der Waals surface area contributed by atoms with E-state index in [1.165, 1.54) is 22.5 Å². The molecule has 0 aliphatic carbocycles. The summed E-state index contributed by atoms with van der Waals surface area (Å²) < 4.78 is 0. The van der Waals surface area contributed by atoms with Gasteiger partial charge < -0.3 is 5.73 Å². The largest absolute Gasteiger partial charge is 0.396 e. The Hall–Kier alpha value is -2.09. The highest BCUT2D eigenvalue weighted by Crippen LogP contribution is 2.46. The molecular formula is C17H14N2S2. The smallest absolute Gasteiger partial charge is 0.129 e. The Bertz CT molecular complexity index is 837. The highest BCUT2D eigenvalue weighted by Gasteiger charge is 2.20. The first-order valence-electron chi connectivity index (χ1n) is 6.55. The van der Waals surface area contributed by atoms with Crippen molar-refractivity contribution >= 4 is 28.4 Å². The Balaban J connectivity index is 2.30. The van der Waals surface area contributed by atoms with E-state index in [0.717, 1.165) is 20.9 Å². The minimum Gasteiger partial charge on any atom is -0.396 e. The van der Waals surface area contributed by atoms with Crippen molar-refractivity contribution in [2.45, 2.75) is 13.8 Å². The molecule has 2 aromatic heterocycles. The molecule has 2 N–H and O–H groups in total. The lowest BCUT2D eigenvalue weighted by Crippen LogP contribution is -1.89. The minimum absolute atomic E-state index is 0.591. The van der Waals surface area contributed by atoms with Gasteiger partial charge in [-0.1, -0.05) is 29.8 Å². The topological polar surface area (TPSA) is 49.8 Å². The van der Waals surface area contributed by atoms with Gasteiger partial charge in [0, 0.05) is 15.3 Å². The van der Waals surface area contributed by atoms with Crippen molar-refractivity contribution in [3.8, 4) is 27.0 Å².